The highest BCUT2D eigenvalue weighted by atomic mass is 32.2. The average Bonchev–Trinajstić information content (AvgIpc) is 3.01. The highest BCUT2D eigenvalue weighted by molar-refractivity contribution is 7.99. The van der Waals surface area contributed by atoms with Crippen LogP contribution in [0.5, 0.6) is 0 Å². The predicted molar refractivity (Wildman–Crippen MR) is 99.3 cm³/mol. The summed E-state index contributed by atoms with van der Waals surface area (Å²) in [4.78, 5) is 39.2. The van der Waals surface area contributed by atoms with Gasteiger partial charge in [0.15, 0.2) is 5.16 Å². The number of nitrogens with zero attached hydrogens (tertiary/aromatic N) is 3. The molecule has 0 saturated heterocycles. The van der Waals surface area contributed by atoms with Crippen LogP contribution in [0.15, 0.2) is 45.1 Å². The minimum absolute atomic E-state index is 0.0856. The van der Waals surface area contributed by atoms with E-state index in [4.69, 9.17) is 0 Å². The van der Waals surface area contributed by atoms with E-state index in [0.29, 0.717) is 16.7 Å². The Bertz CT molecular complexity index is 1060. The van der Waals surface area contributed by atoms with E-state index in [9.17, 15) is 14.4 Å². The molecule has 2 aromatic heterocycles. The molecule has 27 heavy (non-hydrogen) atoms. The van der Waals surface area contributed by atoms with E-state index in [2.05, 4.69) is 24.9 Å². The number of methoxy groups -OCH3 is 1. The zero-order valence-corrected chi connectivity index (χ0v) is 15.5. The summed E-state index contributed by atoms with van der Waals surface area (Å²) < 4.78 is 6.46. The Kier molecular flexibility index (Phi) is 5.55. The number of ether oxygens (including phenoxy) is 1. The molecule has 0 aliphatic rings. The minimum Gasteiger partial charge on any atom is -0.468 e. The quantitative estimate of drug-likeness (QED) is 0.474. The smallest absolute Gasteiger partial charge is 0.325 e. The topological polar surface area (TPSA) is 123 Å². The van der Waals surface area contributed by atoms with Crippen LogP contribution in [0.2, 0.25) is 0 Å². The third-order valence-corrected chi connectivity index (χ3v) is 4.57. The third kappa shape index (κ3) is 4.53. The van der Waals surface area contributed by atoms with Crippen LogP contribution in [-0.2, 0) is 16.0 Å². The van der Waals surface area contributed by atoms with Crippen molar-refractivity contribution in [2.45, 2.75) is 18.5 Å². The van der Waals surface area contributed by atoms with Crippen molar-refractivity contribution in [3.05, 3.63) is 68.3 Å². The maximum absolute atomic E-state index is 11.5. The molecule has 0 aliphatic carbocycles. The van der Waals surface area contributed by atoms with Crippen molar-refractivity contribution < 1.29 is 9.53 Å². The second kappa shape index (κ2) is 8.04. The van der Waals surface area contributed by atoms with Gasteiger partial charge in [0.2, 0.25) is 0 Å². The van der Waals surface area contributed by atoms with Gasteiger partial charge in [-0.25, -0.2) is 4.79 Å². The molecule has 3 aromatic rings. The van der Waals surface area contributed by atoms with E-state index in [1.54, 1.807) is 4.57 Å². The molecule has 1 aromatic carbocycles. The number of aryl methyl sites for hydroxylation is 1. The lowest BCUT2D eigenvalue weighted by Gasteiger charge is -2.10. The van der Waals surface area contributed by atoms with Crippen molar-refractivity contribution in [2.75, 3.05) is 12.9 Å². The fourth-order valence-electron chi connectivity index (χ4n) is 2.50. The number of nitrogens with one attached hydrogen (secondary N) is 2. The van der Waals surface area contributed by atoms with Crippen molar-refractivity contribution in [2.24, 2.45) is 0 Å². The summed E-state index contributed by atoms with van der Waals surface area (Å²) in [6.45, 7) is 1.96. The maximum atomic E-state index is 11.5. The van der Waals surface area contributed by atoms with Gasteiger partial charge < -0.3 is 9.72 Å². The van der Waals surface area contributed by atoms with E-state index in [0.717, 1.165) is 11.3 Å². The van der Waals surface area contributed by atoms with Crippen LogP contribution in [0.3, 0.4) is 0 Å². The first-order valence-corrected chi connectivity index (χ1v) is 8.98. The van der Waals surface area contributed by atoms with Crippen molar-refractivity contribution in [3.63, 3.8) is 0 Å². The molecule has 0 amide bonds. The molecule has 2 N–H and O–H groups in total. The molecular weight excluding hydrogens is 370 g/mol. The van der Waals surface area contributed by atoms with Crippen molar-refractivity contribution in [1.29, 1.82) is 0 Å². The molecule has 0 atom stereocenters. The first-order valence-electron chi connectivity index (χ1n) is 7.99. The number of H-pyrrole nitrogens is 2. The Morgan fingerprint density at radius 3 is 2.74 bits per heavy atom. The lowest BCUT2D eigenvalue weighted by molar-refractivity contribution is -0.137. The standard InChI is InChI=1S/C17H17N5O4S/c1-10-4-3-5-12(6-10)22-13(7-11-8-14(23)19-16(25)18-11)20-21-17(22)27-9-15(24)26-2/h3-6,8H,7,9H2,1-2H3,(H2,18,19,23,25). The van der Waals surface area contributed by atoms with Crippen LogP contribution >= 0.6 is 11.8 Å². The number of rotatable bonds is 6. The first kappa shape index (κ1) is 18.6. The van der Waals surface area contributed by atoms with E-state index in [-0.39, 0.29) is 18.1 Å². The van der Waals surface area contributed by atoms with Crippen molar-refractivity contribution in [3.8, 4) is 5.69 Å². The molecule has 0 radical (unpaired) electrons. The van der Waals surface area contributed by atoms with Crippen LogP contribution < -0.4 is 11.2 Å². The van der Waals surface area contributed by atoms with Gasteiger partial charge in [0.05, 0.1) is 12.9 Å². The highest BCUT2D eigenvalue weighted by Crippen LogP contribution is 2.23. The zero-order valence-electron chi connectivity index (χ0n) is 14.7. The van der Waals surface area contributed by atoms with Gasteiger partial charge in [0, 0.05) is 23.9 Å². The molecule has 10 heteroatoms. The van der Waals surface area contributed by atoms with Gasteiger partial charge in [0.1, 0.15) is 5.82 Å². The van der Waals surface area contributed by atoms with Crippen LogP contribution in [-0.4, -0.2) is 43.6 Å². The van der Waals surface area contributed by atoms with Gasteiger partial charge in [-0.05, 0) is 24.6 Å². The SMILES string of the molecule is COC(=O)CSc1nnc(Cc2cc(=O)[nH]c(=O)[nH]2)n1-c1cccc(C)c1. The number of carbonyl (C=O) groups excluding carboxylic acids is 1. The zero-order chi connectivity index (χ0) is 19.4. The molecule has 0 saturated carbocycles. The number of benzene rings is 1. The summed E-state index contributed by atoms with van der Waals surface area (Å²) in [5.74, 6) is 0.232. The predicted octanol–water partition coefficient (Wildman–Crippen LogP) is 0.808. The van der Waals surface area contributed by atoms with Gasteiger partial charge in [-0.15, -0.1) is 10.2 Å². The fraction of sp³-hybridized carbons (Fsp3) is 0.235. The monoisotopic (exact) mass is 387 g/mol. The fourth-order valence-corrected chi connectivity index (χ4v) is 3.31. The summed E-state index contributed by atoms with van der Waals surface area (Å²) in [7, 11) is 1.32. The van der Waals surface area contributed by atoms with Gasteiger partial charge in [-0.1, -0.05) is 23.9 Å². The van der Waals surface area contributed by atoms with Crippen LogP contribution in [0.1, 0.15) is 17.1 Å². The molecule has 0 fully saturated rings. The lowest BCUT2D eigenvalue weighted by Crippen LogP contribution is -2.23. The van der Waals surface area contributed by atoms with E-state index in [1.807, 2.05) is 31.2 Å². The van der Waals surface area contributed by atoms with Gasteiger partial charge in [-0.2, -0.15) is 0 Å². The molecule has 0 aliphatic heterocycles. The number of hydrogen-bond acceptors (Lipinski definition) is 7. The van der Waals surface area contributed by atoms with Gasteiger partial charge in [0.25, 0.3) is 5.56 Å². The van der Waals surface area contributed by atoms with Crippen LogP contribution in [0.4, 0.5) is 0 Å². The number of esters is 1. The van der Waals surface area contributed by atoms with Crippen LogP contribution in [0, 0.1) is 6.92 Å². The molecule has 2 heterocycles. The first-order chi connectivity index (χ1) is 13.0. The lowest BCUT2D eigenvalue weighted by atomic mass is 10.2. The number of carbonyl (C=O) groups is 1. The minimum atomic E-state index is -0.584. The second-order valence-corrected chi connectivity index (χ2v) is 6.67. The van der Waals surface area contributed by atoms with E-state index in [1.165, 1.54) is 24.9 Å². The largest absolute Gasteiger partial charge is 0.468 e. The Hall–Kier alpha value is -3.14. The number of aromatic nitrogens is 5. The Labute approximate surface area is 157 Å². The summed E-state index contributed by atoms with van der Waals surface area (Å²) >= 11 is 1.19. The van der Waals surface area contributed by atoms with Crippen molar-refractivity contribution in [1.82, 2.24) is 24.7 Å². The summed E-state index contributed by atoms with van der Waals surface area (Å²) in [6, 6.07) is 9.01. The van der Waals surface area contributed by atoms with Crippen molar-refractivity contribution >= 4 is 17.7 Å². The molecular formula is C17H17N5O4S. The molecule has 0 spiro atoms. The molecule has 9 nitrogen and oxygen atoms in total. The second-order valence-electron chi connectivity index (χ2n) is 5.73. The molecule has 0 unspecified atom stereocenters. The number of aromatic amines is 2. The summed E-state index contributed by atoms with van der Waals surface area (Å²) in [5, 5.41) is 8.85. The highest BCUT2D eigenvalue weighted by Gasteiger charge is 2.17. The Balaban J connectivity index is 2.02. The average molecular weight is 387 g/mol. The Morgan fingerprint density at radius 2 is 2.04 bits per heavy atom. The maximum Gasteiger partial charge on any atom is 0.325 e. The van der Waals surface area contributed by atoms with Crippen LogP contribution in [0.25, 0.3) is 5.69 Å². The Morgan fingerprint density at radius 1 is 1.22 bits per heavy atom. The third-order valence-electron chi connectivity index (χ3n) is 3.67. The normalized spacial score (nSPS) is 10.7. The molecule has 140 valence electrons. The number of hydrogen-bond donors (Lipinski definition) is 2. The molecule has 3 rings (SSSR count). The van der Waals surface area contributed by atoms with E-state index >= 15 is 0 Å². The summed E-state index contributed by atoms with van der Waals surface area (Å²) in [5.41, 5.74) is 1.19. The number of thioether (sulfide) groups is 1. The van der Waals surface area contributed by atoms with E-state index < -0.39 is 11.2 Å². The van der Waals surface area contributed by atoms with Gasteiger partial charge in [-0.3, -0.25) is 19.1 Å². The summed E-state index contributed by atoms with van der Waals surface area (Å²) in [6.07, 6.45) is 0.193. The molecule has 0 bridgehead atoms. The van der Waals surface area contributed by atoms with Gasteiger partial charge >= 0.3 is 11.7 Å².